The van der Waals surface area contributed by atoms with E-state index in [1.54, 1.807) is 0 Å². The molecular formula is C28H28N2O3. The Kier molecular flexibility index (Phi) is 6.89. The molecule has 168 valence electrons. The molecule has 5 heteroatoms. The summed E-state index contributed by atoms with van der Waals surface area (Å²) in [7, 11) is 0. The van der Waals surface area contributed by atoms with Gasteiger partial charge in [-0.1, -0.05) is 77.5 Å². The number of nitrogens with one attached hydrogen (secondary N) is 1. The van der Waals surface area contributed by atoms with Crippen molar-refractivity contribution in [1.29, 1.82) is 0 Å². The van der Waals surface area contributed by atoms with Gasteiger partial charge in [-0.25, -0.2) is 0 Å². The molecule has 1 atom stereocenters. The molecule has 0 spiro atoms. The number of carbonyl (C=O) groups excluding carboxylic acids is 1. The van der Waals surface area contributed by atoms with Crippen molar-refractivity contribution in [1.82, 2.24) is 10.5 Å². The van der Waals surface area contributed by atoms with Gasteiger partial charge in [0.15, 0.2) is 0 Å². The number of aromatic nitrogens is 1. The molecule has 1 N–H and O–H groups in total. The van der Waals surface area contributed by atoms with Crippen LogP contribution in [0.3, 0.4) is 0 Å². The van der Waals surface area contributed by atoms with E-state index in [4.69, 9.17) is 9.26 Å². The molecule has 0 bridgehead atoms. The maximum absolute atomic E-state index is 12.9. The van der Waals surface area contributed by atoms with Crippen LogP contribution in [0.15, 0.2) is 83.4 Å². The predicted octanol–water partition coefficient (Wildman–Crippen LogP) is 5.63. The van der Waals surface area contributed by atoms with E-state index in [9.17, 15) is 4.79 Å². The predicted molar refractivity (Wildman–Crippen MR) is 128 cm³/mol. The minimum Gasteiger partial charge on any atom is -0.489 e. The Balaban J connectivity index is 1.41. The van der Waals surface area contributed by atoms with E-state index in [2.05, 4.69) is 35.6 Å². The molecule has 3 aromatic carbocycles. The smallest absolute Gasteiger partial charge is 0.225 e. The van der Waals surface area contributed by atoms with Crippen LogP contribution in [0.25, 0.3) is 0 Å². The number of hydrogen-bond donors (Lipinski definition) is 1. The SMILES string of the molecule is Cc1cccc(C(NC(=O)Cc2ccc(OCc3c(C)noc3C)cc2)c2ccccc2)c1. The fourth-order valence-electron chi connectivity index (χ4n) is 3.82. The maximum atomic E-state index is 12.9. The fourth-order valence-corrected chi connectivity index (χ4v) is 3.82. The highest BCUT2D eigenvalue weighted by atomic mass is 16.5. The minimum atomic E-state index is -0.198. The van der Waals surface area contributed by atoms with E-state index in [1.807, 2.05) is 74.5 Å². The number of carbonyl (C=O) groups is 1. The number of nitrogens with zero attached hydrogens (tertiary/aromatic N) is 1. The van der Waals surface area contributed by atoms with Crippen molar-refractivity contribution >= 4 is 5.91 Å². The van der Waals surface area contributed by atoms with Crippen molar-refractivity contribution in [3.05, 3.63) is 118 Å². The third kappa shape index (κ3) is 5.69. The second-order valence-electron chi connectivity index (χ2n) is 8.24. The van der Waals surface area contributed by atoms with Crippen molar-refractivity contribution in [2.45, 2.75) is 39.8 Å². The Labute approximate surface area is 194 Å². The lowest BCUT2D eigenvalue weighted by Crippen LogP contribution is -2.30. The normalized spacial score (nSPS) is 11.7. The Morgan fingerprint density at radius 1 is 0.939 bits per heavy atom. The molecule has 0 aliphatic heterocycles. The third-order valence-electron chi connectivity index (χ3n) is 5.67. The van der Waals surface area contributed by atoms with Gasteiger partial charge < -0.3 is 14.6 Å². The zero-order valence-corrected chi connectivity index (χ0v) is 19.2. The number of amides is 1. The van der Waals surface area contributed by atoms with Crippen molar-refractivity contribution in [3.63, 3.8) is 0 Å². The maximum Gasteiger partial charge on any atom is 0.225 e. The van der Waals surface area contributed by atoms with E-state index in [1.165, 1.54) is 0 Å². The Morgan fingerprint density at radius 3 is 2.33 bits per heavy atom. The minimum absolute atomic E-state index is 0.0326. The van der Waals surface area contributed by atoms with Gasteiger partial charge in [0.1, 0.15) is 18.1 Å². The summed E-state index contributed by atoms with van der Waals surface area (Å²) >= 11 is 0. The van der Waals surface area contributed by atoms with Gasteiger partial charge in [0.2, 0.25) is 5.91 Å². The molecular weight excluding hydrogens is 412 g/mol. The fraction of sp³-hybridized carbons (Fsp3) is 0.214. The summed E-state index contributed by atoms with van der Waals surface area (Å²) in [6.45, 7) is 6.23. The number of hydrogen-bond acceptors (Lipinski definition) is 4. The zero-order valence-electron chi connectivity index (χ0n) is 19.2. The van der Waals surface area contributed by atoms with Gasteiger partial charge in [-0.05, 0) is 49.6 Å². The van der Waals surface area contributed by atoms with E-state index in [-0.39, 0.29) is 11.9 Å². The molecule has 0 saturated carbocycles. The van der Waals surface area contributed by atoms with Crippen LogP contribution in [0.4, 0.5) is 0 Å². The number of benzene rings is 3. The molecule has 0 saturated heterocycles. The second kappa shape index (κ2) is 10.2. The van der Waals surface area contributed by atoms with Gasteiger partial charge >= 0.3 is 0 Å². The number of ether oxygens (including phenoxy) is 1. The lowest BCUT2D eigenvalue weighted by molar-refractivity contribution is -0.120. The van der Waals surface area contributed by atoms with Gasteiger partial charge in [-0.3, -0.25) is 4.79 Å². The van der Waals surface area contributed by atoms with E-state index >= 15 is 0 Å². The number of aryl methyl sites for hydroxylation is 3. The van der Waals surface area contributed by atoms with E-state index in [0.29, 0.717) is 13.0 Å². The highest BCUT2D eigenvalue weighted by Gasteiger charge is 2.17. The molecule has 1 aromatic heterocycles. The standard InChI is InChI=1S/C28H28N2O3/c1-19-8-7-11-24(16-19)28(23-9-5-4-6-10-23)29-27(31)17-22-12-14-25(15-13-22)32-18-26-20(2)30-33-21(26)3/h4-16,28H,17-18H2,1-3H3,(H,29,31). The zero-order chi connectivity index (χ0) is 23.2. The Bertz CT molecular complexity index is 1190. The van der Waals surface area contributed by atoms with Crippen LogP contribution in [0.5, 0.6) is 5.75 Å². The lowest BCUT2D eigenvalue weighted by atomic mass is 9.97. The molecule has 0 fully saturated rings. The molecule has 0 aliphatic rings. The number of rotatable bonds is 8. The third-order valence-corrected chi connectivity index (χ3v) is 5.67. The average Bonchev–Trinajstić information content (AvgIpc) is 3.14. The molecule has 1 unspecified atom stereocenters. The van der Waals surface area contributed by atoms with Gasteiger partial charge in [0.25, 0.3) is 0 Å². The van der Waals surface area contributed by atoms with Crippen molar-refractivity contribution in [3.8, 4) is 5.75 Å². The molecule has 4 aromatic rings. The first kappa shape index (κ1) is 22.3. The summed E-state index contributed by atoms with van der Waals surface area (Å²) in [6.07, 6.45) is 0.291. The lowest BCUT2D eigenvalue weighted by Gasteiger charge is -2.20. The molecule has 5 nitrogen and oxygen atoms in total. The molecule has 4 rings (SSSR count). The molecule has 0 radical (unpaired) electrons. The molecule has 33 heavy (non-hydrogen) atoms. The first-order valence-electron chi connectivity index (χ1n) is 11.0. The first-order chi connectivity index (χ1) is 16.0. The van der Waals surface area contributed by atoms with Crippen molar-refractivity contribution in [2.24, 2.45) is 0 Å². The van der Waals surface area contributed by atoms with Crippen LogP contribution >= 0.6 is 0 Å². The van der Waals surface area contributed by atoms with Gasteiger partial charge in [-0.15, -0.1) is 0 Å². The van der Waals surface area contributed by atoms with Crippen LogP contribution in [0, 0.1) is 20.8 Å². The molecule has 0 aliphatic carbocycles. The Morgan fingerprint density at radius 2 is 1.67 bits per heavy atom. The summed E-state index contributed by atoms with van der Waals surface area (Å²) in [5, 5.41) is 7.16. The van der Waals surface area contributed by atoms with Crippen LogP contribution in [-0.4, -0.2) is 11.1 Å². The monoisotopic (exact) mass is 440 g/mol. The second-order valence-corrected chi connectivity index (χ2v) is 8.24. The van der Waals surface area contributed by atoms with Crippen LogP contribution < -0.4 is 10.1 Å². The van der Waals surface area contributed by atoms with Gasteiger partial charge in [-0.2, -0.15) is 0 Å². The van der Waals surface area contributed by atoms with Crippen molar-refractivity contribution in [2.75, 3.05) is 0 Å². The quantitative estimate of drug-likeness (QED) is 0.386. The summed E-state index contributed by atoms with van der Waals surface area (Å²) in [5.41, 5.74) is 6.00. The summed E-state index contributed by atoms with van der Waals surface area (Å²) < 4.78 is 11.0. The van der Waals surface area contributed by atoms with E-state index in [0.717, 1.165) is 45.0 Å². The van der Waals surface area contributed by atoms with Crippen LogP contribution in [-0.2, 0) is 17.8 Å². The Hall–Kier alpha value is -3.86. The molecule has 1 amide bonds. The van der Waals surface area contributed by atoms with E-state index < -0.39 is 0 Å². The summed E-state index contributed by atoms with van der Waals surface area (Å²) in [6, 6.07) is 25.7. The summed E-state index contributed by atoms with van der Waals surface area (Å²) in [4.78, 5) is 12.9. The van der Waals surface area contributed by atoms with Gasteiger partial charge in [0, 0.05) is 0 Å². The first-order valence-corrected chi connectivity index (χ1v) is 11.0. The average molecular weight is 441 g/mol. The van der Waals surface area contributed by atoms with Crippen molar-refractivity contribution < 1.29 is 14.1 Å². The highest BCUT2D eigenvalue weighted by Crippen LogP contribution is 2.23. The van der Waals surface area contributed by atoms with Crippen LogP contribution in [0.1, 0.15) is 45.3 Å². The van der Waals surface area contributed by atoms with Crippen LogP contribution in [0.2, 0.25) is 0 Å². The highest BCUT2D eigenvalue weighted by molar-refractivity contribution is 5.79. The van der Waals surface area contributed by atoms with Gasteiger partial charge in [0.05, 0.1) is 23.7 Å². The largest absolute Gasteiger partial charge is 0.489 e. The molecule has 1 heterocycles. The summed E-state index contributed by atoms with van der Waals surface area (Å²) in [5.74, 6) is 1.47. The topological polar surface area (TPSA) is 64.4 Å².